The standard InChI is InChI=1S/C18H20N4O2/c1-5-12-6-7-14(15(23)8-12)16-11(2)19-17(22-21-16)20-13-9-18(3,10-13)24-4/h1,6-8,13,23H,9-10H2,2-4H3,(H,19,20,22). The van der Waals surface area contributed by atoms with E-state index in [1.165, 1.54) is 6.07 Å². The summed E-state index contributed by atoms with van der Waals surface area (Å²) < 4.78 is 5.44. The summed E-state index contributed by atoms with van der Waals surface area (Å²) in [7, 11) is 1.73. The summed E-state index contributed by atoms with van der Waals surface area (Å²) in [5.41, 5.74) is 2.33. The summed E-state index contributed by atoms with van der Waals surface area (Å²) >= 11 is 0. The molecule has 6 heteroatoms. The van der Waals surface area contributed by atoms with Crippen LogP contribution in [-0.4, -0.2) is 39.0 Å². The van der Waals surface area contributed by atoms with E-state index in [0.717, 1.165) is 12.8 Å². The van der Waals surface area contributed by atoms with Crippen molar-refractivity contribution < 1.29 is 9.84 Å². The molecule has 124 valence electrons. The molecule has 2 aromatic rings. The van der Waals surface area contributed by atoms with E-state index in [9.17, 15) is 5.11 Å². The lowest BCUT2D eigenvalue weighted by Gasteiger charge is -2.44. The first kappa shape index (κ1) is 16.2. The third kappa shape index (κ3) is 3.03. The minimum atomic E-state index is -0.0648. The molecule has 1 fully saturated rings. The number of hydrogen-bond acceptors (Lipinski definition) is 6. The van der Waals surface area contributed by atoms with E-state index >= 15 is 0 Å². The van der Waals surface area contributed by atoms with Crippen LogP contribution in [0.25, 0.3) is 11.3 Å². The largest absolute Gasteiger partial charge is 0.507 e. The van der Waals surface area contributed by atoms with Gasteiger partial charge in [-0.2, -0.15) is 0 Å². The number of phenolic OH excluding ortho intramolecular Hbond substituents is 1. The average molecular weight is 324 g/mol. The van der Waals surface area contributed by atoms with Crippen molar-refractivity contribution in [3.8, 4) is 29.4 Å². The molecule has 0 aliphatic heterocycles. The van der Waals surface area contributed by atoms with Crippen LogP contribution in [-0.2, 0) is 4.74 Å². The Morgan fingerprint density at radius 1 is 1.38 bits per heavy atom. The third-order valence-electron chi connectivity index (χ3n) is 4.46. The first-order valence-corrected chi connectivity index (χ1v) is 7.77. The monoisotopic (exact) mass is 324 g/mol. The van der Waals surface area contributed by atoms with Crippen molar-refractivity contribution in [2.24, 2.45) is 0 Å². The van der Waals surface area contributed by atoms with Gasteiger partial charge >= 0.3 is 0 Å². The molecule has 6 nitrogen and oxygen atoms in total. The molecule has 1 aliphatic rings. The fourth-order valence-electron chi connectivity index (χ4n) is 2.97. The number of rotatable bonds is 4. The van der Waals surface area contributed by atoms with Gasteiger partial charge in [0, 0.05) is 24.3 Å². The Labute approximate surface area is 141 Å². The Hall–Kier alpha value is -2.65. The van der Waals surface area contributed by atoms with E-state index in [0.29, 0.717) is 28.5 Å². The fourth-order valence-corrected chi connectivity index (χ4v) is 2.97. The maximum atomic E-state index is 10.1. The quantitative estimate of drug-likeness (QED) is 0.841. The van der Waals surface area contributed by atoms with E-state index in [4.69, 9.17) is 11.2 Å². The molecule has 0 amide bonds. The second-order valence-electron chi connectivity index (χ2n) is 6.35. The van der Waals surface area contributed by atoms with Gasteiger partial charge in [-0.25, -0.2) is 4.98 Å². The van der Waals surface area contributed by atoms with Gasteiger partial charge in [-0.3, -0.25) is 0 Å². The lowest BCUT2D eigenvalue weighted by molar-refractivity contribution is -0.0626. The number of aromatic nitrogens is 3. The number of nitrogens with one attached hydrogen (secondary N) is 1. The highest BCUT2D eigenvalue weighted by Gasteiger charge is 2.40. The number of aryl methyl sites for hydroxylation is 1. The van der Waals surface area contributed by atoms with Crippen molar-refractivity contribution in [1.82, 2.24) is 15.2 Å². The first-order valence-electron chi connectivity index (χ1n) is 7.77. The van der Waals surface area contributed by atoms with E-state index < -0.39 is 0 Å². The molecule has 0 radical (unpaired) electrons. The Bertz CT molecular complexity index is 807. The van der Waals surface area contributed by atoms with Crippen LogP contribution in [0.1, 0.15) is 31.0 Å². The van der Waals surface area contributed by atoms with Crippen LogP contribution in [0.2, 0.25) is 0 Å². The molecule has 0 bridgehead atoms. The van der Waals surface area contributed by atoms with Gasteiger partial charge in [0.1, 0.15) is 11.4 Å². The number of anilines is 1. The van der Waals surface area contributed by atoms with Crippen LogP contribution in [0.15, 0.2) is 18.2 Å². The maximum Gasteiger partial charge on any atom is 0.243 e. The zero-order valence-corrected chi connectivity index (χ0v) is 14.0. The van der Waals surface area contributed by atoms with E-state index in [2.05, 4.69) is 33.3 Å². The molecule has 1 aromatic carbocycles. The number of terminal acetylenes is 1. The Morgan fingerprint density at radius 3 is 2.71 bits per heavy atom. The number of ether oxygens (including phenoxy) is 1. The minimum Gasteiger partial charge on any atom is -0.507 e. The van der Waals surface area contributed by atoms with Gasteiger partial charge in [0.15, 0.2) is 0 Å². The zero-order chi connectivity index (χ0) is 17.3. The topological polar surface area (TPSA) is 80.2 Å². The second-order valence-corrected chi connectivity index (χ2v) is 6.35. The summed E-state index contributed by atoms with van der Waals surface area (Å²) in [5.74, 6) is 3.04. The lowest BCUT2D eigenvalue weighted by atomic mass is 9.77. The predicted molar refractivity (Wildman–Crippen MR) is 91.7 cm³/mol. The molecular formula is C18H20N4O2. The Balaban J connectivity index is 1.77. The number of benzene rings is 1. The number of nitrogens with zero attached hydrogens (tertiary/aromatic N) is 3. The summed E-state index contributed by atoms with van der Waals surface area (Å²) in [6, 6.07) is 5.29. The number of aromatic hydroxyl groups is 1. The van der Waals surface area contributed by atoms with Gasteiger partial charge in [-0.05, 0) is 44.9 Å². The minimum absolute atomic E-state index is 0.0648. The summed E-state index contributed by atoms with van der Waals surface area (Å²) in [5, 5.41) is 21.7. The Kier molecular flexibility index (Phi) is 4.12. The van der Waals surface area contributed by atoms with Gasteiger partial charge < -0.3 is 15.2 Å². The van der Waals surface area contributed by atoms with E-state index in [-0.39, 0.29) is 17.4 Å². The normalized spacial score (nSPS) is 22.5. The summed E-state index contributed by atoms with van der Waals surface area (Å²) in [6.07, 6.45) is 7.14. The van der Waals surface area contributed by atoms with Crippen molar-refractivity contribution >= 4 is 5.95 Å². The van der Waals surface area contributed by atoms with Crippen molar-refractivity contribution in [2.45, 2.75) is 38.3 Å². The highest BCUT2D eigenvalue weighted by atomic mass is 16.5. The average Bonchev–Trinajstić information content (AvgIpc) is 2.54. The van der Waals surface area contributed by atoms with Crippen LogP contribution >= 0.6 is 0 Å². The lowest BCUT2D eigenvalue weighted by Crippen LogP contribution is -2.50. The molecule has 0 spiro atoms. The molecule has 3 rings (SSSR count). The predicted octanol–water partition coefficient (Wildman–Crippen LogP) is 2.51. The van der Waals surface area contributed by atoms with Crippen molar-refractivity contribution in [2.75, 3.05) is 12.4 Å². The molecule has 1 aliphatic carbocycles. The van der Waals surface area contributed by atoms with Crippen LogP contribution in [0.5, 0.6) is 5.75 Å². The third-order valence-corrected chi connectivity index (χ3v) is 4.46. The molecule has 2 N–H and O–H groups in total. The van der Waals surface area contributed by atoms with Crippen LogP contribution in [0.3, 0.4) is 0 Å². The number of methoxy groups -OCH3 is 1. The van der Waals surface area contributed by atoms with Gasteiger partial charge in [0.2, 0.25) is 5.95 Å². The zero-order valence-electron chi connectivity index (χ0n) is 14.0. The SMILES string of the molecule is C#Cc1ccc(-c2nnc(NC3CC(C)(OC)C3)nc2C)c(O)c1. The van der Waals surface area contributed by atoms with Gasteiger partial charge in [0.05, 0.1) is 11.3 Å². The van der Waals surface area contributed by atoms with Crippen molar-refractivity contribution in [3.63, 3.8) is 0 Å². The Morgan fingerprint density at radius 2 is 2.12 bits per heavy atom. The van der Waals surface area contributed by atoms with Crippen molar-refractivity contribution in [3.05, 3.63) is 29.5 Å². The molecular weight excluding hydrogens is 304 g/mol. The molecule has 1 aromatic heterocycles. The summed E-state index contributed by atoms with van der Waals surface area (Å²) in [6.45, 7) is 3.92. The van der Waals surface area contributed by atoms with Gasteiger partial charge in [-0.15, -0.1) is 16.6 Å². The van der Waals surface area contributed by atoms with Crippen LogP contribution in [0.4, 0.5) is 5.95 Å². The molecule has 24 heavy (non-hydrogen) atoms. The molecule has 0 atom stereocenters. The van der Waals surface area contributed by atoms with Crippen LogP contribution in [0, 0.1) is 19.3 Å². The van der Waals surface area contributed by atoms with Crippen molar-refractivity contribution in [1.29, 1.82) is 0 Å². The highest BCUT2D eigenvalue weighted by Crippen LogP contribution is 2.36. The number of phenols is 1. The van der Waals surface area contributed by atoms with Gasteiger partial charge in [0.25, 0.3) is 0 Å². The van der Waals surface area contributed by atoms with E-state index in [1.807, 2.05) is 6.92 Å². The molecule has 1 heterocycles. The molecule has 0 unspecified atom stereocenters. The maximum absolute atomic E-state index is 10.1. The molecule has 1 saturated carbocycles. The van der Waals surface area contributed by atoms with E-state index in [1.54, 1.807) is 19.2 Å². The van der Waals surface area contributed by atoms with Gasteiger partial charge in [-0.1, -0.05) is 5.92 Å². The fraction of sp³-hybridized carbons (Fsp3) is 0.389. The van der Waals surface area contributed by atoms with Crippen LogP contribution < -0.4 is 5.32 Å². The second kappa shape index (κ2) is 6.10. The smallest absolute Gasteiger partial charge is 0.243 e. The first-order chi connectivity index (χ1) is 11.4. The molecule has 0 saturated heterocycles. The number of hydrogen-bond donors (Lipinski definition) is 2. The highest BCUT2D eigenvalue weighted by molar-refractivity contribution is 5.69. The summed E-state index contributed by atoms with van der Waals surface area (Å²) in [4.78, 5) is 4.45.